The largest absolute Gasteiger partial charge is 0.481 e. The third-order valence-electron chi connectivity index (χ3n) is 5.72. The number of carbonyl (C=O) groups excluding carboxylic acids is 2. The molecule has 0 saturated carbocycles. The minimum atomic E-state index is -1.01. The molecule has 2 rings (SSSR count). The first-order chi connectivity index (χ1) is 13.7. The monoisotopic (exact) mass is 402 g/mol. The van der Waals surface area contributed by atoms with Crippen LogP contribution < -0.4 is 10.6 Å². The Kier molecular flexibility index (Phi) is 7.47. The molecule has 2 amide bonds. The van der Waals surface area contributed by atoms with Crippen LogP contribution in [0.25, 0.3) is 0 Å². The zero-order chi connectivity index (χ0) is 21.6. The molecular weight excluding hydrogens is 372 g/mol. The van der Waals surface area contributed by atoms with Crippen molar-refractivity contribution in [2.75, 3.05) is 6.54 Å². The van der Waals surface area contributed by atoms with Gasteiger partial charge < -0.3 is 15.7 Å². The van der Waals surface area contributed by atoms with Crippen molar-refractivity contribution in [2.45, 2.75) is 52.5 Å². The number of aromatic nitrogens is 1. The van der Waals surface area contributed by atoms with Gasteiger partial charge >= 0.3 is 5.97 Å². The normalized spacial score (nSPS) is 20.7. The molecule has 0 aliphatic carbocycles. The Balaban J connectivity index is 1.97. The number of carboxylic acids is 1. The van der Waals surface area contributed by atoms with Gasteiger partial charge in [-0.1, -0.05) is 27.2 Å². The highest BCUT2D eigenvalue weighted by molar-refractivity contribution is 6.14. The average Bonchev–Trinajstić information content (AvgIpc) is 3.00. The fourth-order valence-corrected chi connectivity index (χ4v) is 3.19. The van der Waals surface area contributed by atoms with E-state index >= 15 is 0 Å². The number of nitrogens with zero attached hydrogens (tertiary/aromatic N) is 2. The molecule has 3 atom stereocenters. The molecular formula is C21H30N4O4. The molecule has 3 N–H and O–H groups in total. The molecule has 0 bridgehead atoms. The fraction of sp³-hybridized carbons (Fsp3) is 0.571. The summed E-state index contributed by atoms with van der Waals surface area (Å²) in [5.41, 5.74) is -0.452. The van der Waals surface area contributed by atoms with Gasteiger partial charge in [0.15, 0.2) is 0 Å². The summed E-state index contributed by atoms with van der Waals surface area (Å²) in [4.78, 5) is 44.7. The Morgan fingerprint density at radius 3 is 2.55 bits per heavy atom. The van der Waals surface area contributed by atoms with Gasteiger partial charge in [0.1, 0.15) is 17.3 Å². The Hall–Kier alpha value is -2.77. The topological polar surface area (TPSA) is 121 Å². The number of nitrogens with one attached hydrogen (secondary N) is 2. The van der Waals surface area contributed by atoms with Gasteiger partial charge in [-0.3, -0.25) is 24.4 Å². The Morgan fingerprint density at radius 1 is 1.31 bits per heavy atom. The van der Waals surface area contributed by atoms with Crippen molar-refractivity contribution in [1.82, 2.24) is 15.6 Å². The Morgan fingerprint density at radius 2 is 2.03 bits per heavy atom. The molecule has 0 saturated heterocycles. The van der Waals surface area contributed by atoms with Crippen LogP contribution in [0.5, 0.6) is 0 Å². The number of amidine groups is 1. The summed E-state index contributed by atoms with van der Waals surface area (Å²) in [6, 6.07) is 3.39. The van der Waals surface area contributed by atoms with E-state index in [9.17, 15) is 19.5 Å². The van der Waals surface area contributed by atoms with E-state index < -0.39 is 17.4 Å². The van der Waals surface area contributed by atoms with E-state index in [1.807, 2.05) is 20.8 Å². The number of rotatable bonds is 10. The molecule has 0 radical (unpaired) electrons. The lowest BCUT2D eigenvalue weighted by atomic mass is 9.89. The van der Waals surface area contributed by atoms with Gasteiger partial charge in [0, 0.05) is 18.9 Å². The summed E-state index contributed by atoms with van der Waals surface area (Å²) in [7, 11) is 0. The zero-order valence-electron chi connectivity index (χ0n) is 17.4. The lowest BCUT2D eigenvalue weighted by molar-refractivity contribution is -0.139. The lowest BCUT2D eigenvalue weighted by Gasteiger charge is -2.21. The first-order valence-electron chi connectivity index (χ1n) is 10.0. The van der Waals surface area contributed by atoms with E-state index in [1.165, 1.54) is 6.20 Å². The number of aliphatic carboxylic acids is 1. The van der Waals surface area contributed by atoms with Crippen LogP contribution in [0.3, 0.4) is 0 Å². The fourth-order valence-electron chi connectivity index (χ4n) is 3.19. The van der Waals surface area contributed by atoms with E-state index in [2.05, 4.69) is 20.6 Å². The number of carboxylic acid groups (broad SMARTS) is 1. The highest BCUT2D eigenvalue weighted by Gasteiger charge is 2.44. The molecule has 2 heterocycles. The highest BCUT2D eigenvalue weighted by atomic mass is 16.4. The molecule has 1 aliphatic heterocycles. The smallest absolute Gasteiger partial charge is 0.314 e. The van der Waals surface area contributed by atoms with Crippen LogP contribution in [-0.4, -0.2) is 45.8 Å². The van der Waals surface area contributed by atoms with Crippen LogP contribution in [0.1, 0.15) is 57.3 Å². The third kappa shape index (κ3) is 5.40. The van der Waals surface area contributed by atoms with Crippen LogP contribution in [0.15, 0.2) is 29.5 Å². The number of aliphatic imine (C=N–C) groups is 1. The summed E-state index contributed by atoms with van der Waals surface area (Å²) < 4.78 is 0. The van der Waals surface area contributed by atoms with Gasteiger partial charge in [0.25, 0.3) is 11.8 Å². The molecule has 158 valence electrons. The average molecular weight is 402 g/mol. The van der Waals surface area contributed by atoms with E-state index in [4.69, 9.17) is 0 Å². The summed E-state index contributed by atoms with van der Waals surface area (Å²) in [6.45, 7) is 7.95. The van der Waals surface area contributed by atoms with Gasteiger partial charge in [-0.05, 0) is 43.7 Å². The second-order valence-electron chi connectivity index (χ2n) is 7.95. The van der Waals surface area contributed by atoms with E-state index in [0.29, 0.717) is 24.9 Å². The summed E-state index contributed by atoms with van der Waals surface area (Å²) >= 11 is 0. The molecule has 1 aromatic rings. The first-order valence-corrected chi connectivity index (χ1v) is 10.0. The van der Waals surface area contributed by atoms with Gasteiger partial charge in [-0.2, -0.15) is 0 Å². The summed E-state index contributed by atoms with van der Waals surface area (Å²) in [5.74, 6) is -2.04. The second-order valence-corrected chi connectivity index (χ2v) is 7.95. The van der Waals surface area contributed by atoms with Crippen LogP contribution in [0.2, 0.25) is 0 Å². The molecule has 29 heavy (non-hydrogen) atoms. The van der Waals surface area contributed by atoms with Crippen molar-refractivity contribution >= 4 is 23.6 Å². The van der Waals surface area contributed by atoms with Crippen molar-refractivity contribution in [3.05, 3.63) is 30.1 Å². The quantitative estimate of drug-likeness (QED) is 0.554. The van der Waals surface area contributed by atoms with Crippen molar-refractivity contribution in [3.8, 4) is 0 Å². The summed E-state index contributed by atoms with van der Waals surface area (Å²) in [5, 5.41) is 15.2. The third-order valence-corrected chi connectivity index (χ3v) is 5.72. The lowest BCUT2D eigenvalue weighted by Crippen LogP contribution is -2.42. The maximum absolute atomic E-state index is 12.3. The maximum atomic E-state index is 12.3. The SMILES string of the molecule is CCC(CCC(C(=O)O)C1=NC(C)(C(C)C)C(=O)N1)CNC(=O)c1cccnc1. The van der Waals surface area contributed by atoms with Crippen molar-refractivity contribution < 1.29 is 19.5 Å². The van der Waals surface area contributed by atoms with Crippen LogP contribution in [-0.2, 0) is 9.59 Å². The van der Waals surface area contributed by atoms with Gasteiger partial charge in [-0.25, -0.2) is 0 Å². The molecule has 3 unspecified atom stereocenters. The Bertz CT molecular complexity index is 778. The maximum Gasteiger partial charge on any atom is 0.314 e. The molecule has 1 aliphatic rings. The van der Waals surface area contributed by atoms with Crippen LogP contribution >= 0.6 is 0 Å². The van der Waals surface area contributed by atoms with Gasteiger partial charge in [0.2, 0.25) is 0 Å². The molecule has 0 fully saturated rings. The number of hydrogen-bond donors (Lipinski definition) is 3. The van der Waals surface area contributed by atoms with E-state index in [0.717, 1.165) is 6.42 Å². The number of carbonyl (C=O) groups is 3. The van der Waals surface area contributed by atoms with E-state index in [-0.39, 0.29) is 29.5 Å². The van der Waals surface area contributed by atoms with Crippen molar-refractivity contribution in [3.63, 3.8) is 0 Å². The Labute approximate surface area is 171 Å². The minimum Gasteiger partial charge on any atom is -0.481 e. The zero-order valence-corrected chi connectivity index (χ0v) is 17.4. The van der Waals surface area contributed by atoms with Gasteiger partial charge in [-0.15, -0.1) is 0 Å². The van der Waals surface area contributed by atoms with E-state index in [1.54, 1.807) is 25.3 Å². The van der Waals surface area contributed by atoms with Crippen LogP contribution in [0, 0.1) is 17.8 Å². The highest BCUT2D eigenvalue weighted by Crippen LogP contribution is 2.28. The molecule has 8 heteroatoms. The van der Waals surface area contributed by atoms with Crippen molar-refractivity contribution in [1.29, 1.82) is 0 Å². The second kappa shape index (κ2) is 9.62. The predicted molar refractivity (Wildman–Crippen MR) is 110 cm³/mol. The molecule has 0 spiro atoms. The van der Waals surface area contributed by atoms with Crippen LogP contribution in [0.4, 0.5) is 0 Å². The first kappa shape index (κ1) is 22.5. The standard InChI is InChI=1S/C21H30N4O4/c1-5-14(11-23-18(26)15-7-6-10-22-12-15)8-9-16(19(27)28)17-24-20(29)21(4,25-17)13(2)3/h6-7,10,12-14,16H,5,8-9,11H2,1-4H3,(H,23,26)(H,27,28)(H,24,25,29). The van der Waals surface area contributed by atoms with Gasteiger partial charge in [0.05, 0.1) is 5.56 Å². The number of pyridine rings is 1. The summed E-state index contributed by atoms with van der Waals surface area (Å²) in [6.07, 6.45) is 4.83. The molecule has 8 nitrogen and oxygen atoms in total. The predicted octanol–water partition coefficient (Wildman–Crippen LogP) is 2.26. The number of amides is 2. The minimum absolute atomic E-state index is 0.0412. The molecule has 0 aromatic carbocycles. The van der Waals surface area contributed by atoms with Crippen molar-refractivity contribution in [2.24, 2.45) is 22.7 Å². The number of hydrogen-bond acceptors (Lipinski definition) is 5. The molecule has 1 aromatic heterocycles.